The van der Waals surface area contributed by atoms with Gasteiger partial charge in [0.05, 0.1) is 19.2 Å². The number of hydrogen-bond acceptors (Lipinski definition) is 4. The monoisotopic (exact) mass is 282 g/mol. The Bertz CT molecular complexity index is 491. The second-order valence-corrected chi connectivity index (χ2v) is 4.43. The smallest absolute Gasteiger partial charge is 0.340 e. The van der Waals surface area contributed by atoms with Gasteiger partial charge in [0.25, 0.3) is 0 Å². The van der Waals surface area contributed by atoms with Crippen molar-refractivity contribution in [2.75, 3.05) is 27.2 Å². The number of halogens is 1. The molecule has 0 unspecified atom stereocenters. The fourth-order valence-electron chi connectivity index (χ4n) is 1.80. The van der Waals surface area contributed by atoms with E-state index in [4.69, 9.17) is 0 Å². The quantitative estimate of drug-likeness (QED) is 0.796. The molecule has 1 amide bonds. The predicted molar refractivity (Wildman–Crippen MR) is 72.8 cm³/mol. The Labute approximate surface area is 117 Å². The van der Waals surface area contributed by atoms with Crippen LogP contribution in [0.4, 0.5) is 4.39 Å². The third-order valence-electron chi connectivity index (χ3n) is 2.68. The van der Waals surface area contributed by atoms with Gasteiger partial charge in [-0.3, -0.25) is 9.69 Å². The number of benzene rings is 1. The molecule has 1 aromatic rings. The highest BCUT2D eigenvalue weighted by atomic mass is 19.1. The van der Waals surface area contributed by atoms with E-state index in [-0.39, 0.29) is 18.0 Å². The van der Waals surface area contributed by atoms with E-state index in [0.717, 1.165) is 0 Å². The third-order valence-corrected chi connectivity index (χ3v) is 2.68. The zero-order valence-corrected chi connectivity index (χ0v) is 11.9. The molecule has 0 aromatic heterocycles. The Balaban J connectivity index is 2.67. The summed E-state index contributed by atoms with van der Waals surface area (Å²) in [5.74, 6) is -1.41. The molecule has 0 bridgehead atoms. The Hall–Kier alpha value is -1.95. The molecule has 6 heteroatoms. The standard InChI is InChI=1S/C14H19FN2O3/c1-4-16-13(18)9-17(2)8-10-5-6-11(12(15)7-10)14(19)20-3/h5-7H,4,8-9H2,1-3H3,(H,16,18). The van der Waals surface area contributed by atoms with E-state index in [1.807, 2.05) is 6.92 Å². The maximum absolute atomic E-state index is 13.7. The number of rotatable bonds is 6. The van der Waals surface area contributed by atoms with Gasteiger partial charge in [0.1, 0.15) is 5.82 Å². The van der Waals surface area contributed by atoms with Crippen molar-refractivity contribution >= 4 is 11.9 Å². The molecule has 0 aliphatic carbocycles. The van der Waals surface area contributed by atoms with E-state index in [1.54, 1.807) is 18.0 Å². The van der Waals surface area contributed by atoms with Gasteiger partial charge >= 0.3 is 5.97 Å². The predicted octanol–water partition coefficient (Wildman–Crippen LogP) is 1.18. The van der Waals surface area contributed by atoms with E-state index < -0.39 is 11.8 Å². The lowest BCUT2D eigenvalue weighted by Crippen LogP contribution is -2.34. The summed E-state index contributed by atoms with van der Waals surface area (Å²) in [6.45, 7) is 3.07. The molecular formula is C14H19FN2O3. The maximum atomic E-state index is 13.7. The van der Waals surface area contributed by atoms with E-state index in [2.05, 4.69) is 10.1 Å². The van der Waals surface area contributed by atoms with E-state index in [1.165, 1.54) is 19.2 Å². The first-order chi connectivity index (χ1) is 9.47. The molecule has 0 saturated heterocycles. The summed E-state index contributed by atoms with van der Waals surface area (Å²) in [4.78, 5) is 24.4. The van der Waals surface area contributed by atoms with Crippen molar-refractivity contribution in [2.45, 2.75) is 13.5 Å². The van der Waals surface area contributed by atoms with Gasteiger partial charge in [0.2, 0.25) is 5.91 Å². The average molecular weight is 282 g/mol. The van der Waals surface area contributed by atoms with E-state index in [0.29, 0.717) is 18.7 Å². The highest BCUT2D eigenvalue weighted by Crippen LogP contribution is 2.13. The molecule has 1 aromatic carbocycles. The average Bonchev–Trinajstić information content (AvgIpc) is 2.38. The summed E-state index contributed by atoms with van der Waals surface area (Å²) >= 11 is 0. The molecule has 20 heavy (non-hydrogen) atoms. The van der Waals surface area contributed by atoms with Crippen LogP contribution in [0, 0.1) is 5.82 Å². The highest BCUT2D eigenvalue weighted by molar-refractivity contribution is 5.89. The number of nitrogens with zero attached hydrogens (tertiary/aromatic N) is 1. The number of likely N-dealkylation sites (N-methyl/N-ethyl adjacent to an activating group) is 2. The van der Waals surface area contributed by atoms with Crippen molar-refractivity contribution in [3.05, 3.63) is 35.1 Å². The first-order valence-electron chi connectivity index (χ1n) is 6.30. The minimum Gasteiger partial charge on any atom is -0.465 e. The second kappa shape index (κ2) is 7.59. The van der Waals surface area contributed by atoms with Crippen LogP contribution in [-0.2, 0) is 16.1 Å². The van der Waals surface area contributed by atoms with Gasteiger partial charge in [-0.25, -0.2) is 9.18 Å². The molecule has 0 radical (unpaired) electrons. The van der Waals surface area contributed by atoms with E-state index in [9.17, 15) is 14.0 Å². The van der Waals surface area contributed by atoms with Crippen LogP contribution < -0.4 is 5.32 Å². The first-order valence-corrected chi connectivity index (χ1v) is 6.30. The van der Waals surface area contributed by atoms with Gasteiger partial charge in [0.15, 0.2) is 0 Å². The highest BCUT2D eigenvalue weighted by Gasteiger charge is 2.13. The number of esters is 1. The minimum absolute atomic E-state index is 0.0818. The summed E-state index contributed by atoms with van der Waals surface area (Å²) in [5, 5.41) is 2.69. The lowest BCUT2D eigenvalue weighted by atomic mass is 10.1. The maximum Gasteiger partial charge on any atom is 0.340 e. The molecule has 0 aliphatic rings. The molecule has 0 saturated carbocycles. The van der Waals surface area contributed by atoms with Crippen LogP contribution in [0.15, 0.2) is 18.2 Å². The molecule has 0 fully saturated rings. The lowest BCUT2D eigenvalue weighted by molar-refractivity contribution is -0.121. The summed E-state index contributed by atoms with van der Waals surface area (Å²) in [6.07, 6.45) is 0. The van der Waals surface area contributed by atoms with E-state index >= 15 is 0 Å². The number of carbonyl (C=O) groups is 2. The van der Waals surface area contributed by atoms with Crippen LogP contribution in [0.25, 0.3) is 0 Å². The summed E-state index contributed by atoms with van der Waals surface area (Å²) < 4.78 is 18.2. The SMILES string of the molecule is CCNC(=O)CN(C)Cc1ccc(C(=O)OC)c(F)c1. The van der Waals surface area contributed by atoms with Crippen LogP contribution in [0.5, 0.6) is 0 Å². The number of carbonyl (C=O) groups excluding carboxylic acids is 2. The van der Waals surface area contributed by atoms with Crippen LogP contribution in [-0.4, -0.2) is 44.0 Å². The summed E-state index contributed by atoms with van der Waals surface area (Å²) in [7, 11) is 2.97. The molecule has 5 nitrogen and oxygen atoms in total. The molecule has 0 spiro atoms. The summed E-state index contributed by atoms with van der Waals surface area (Å²) in [6, 6.07) is 4.31. The van der Waals surface area contributed by atoms with Crippen molar-refractivity contribution in [1.29, 1.82) is 0 Å². The van der Waals surface area contributed by atoms with Crippen molar-refractivity contribution in [3.8, 4) is 0 Å². The number of amides is 1. The third kappa shape index (κ3) is 4.62. The normalized spacial score (nSPS) is 10.4. The van der Waals surface area contributed by atoms with Gasteiger partial charge in [-0.15, -0.1) is 0 Å². The van der Waals surface area contributed by atoms with Crippen LogP contribution >= 0.6 is 0 Å². The number of ether oxygens (including phenoxy) is 1. The van der Waals surface area contributed by atoms with Crippen LogP contribution in [0.2, 0.25) is 0 Å². The molecule has 0 heterocycles. The number of hydrogen-bond donors (Lipinski definition) is 1. The van der Waals surface area contributed by atoms with Crippen molar-refractivity contribution in [2.24, 2.45) is 0 Å². The molecular weight excluding hydrogens is 263 g/mol. The molecule has 1 N–H and O–H groups in total. The van der Waals surface area contributed by atoms with Crippen LogP contribution in [0.3, 0.4) is 0 Å². The Morgan fingerprint density at radius 1 is 1.40 bits per heavy atom. The second-order valence-electron chi connectivity index (χ2n) is 4.43. The number of methoxy groups -OCH3 is 1. The molecule has 1 rings (SSSR count). The fourth-order valence-corrected chi connectivity index (χ4v) is 1.80. The van der Waals surface area contributed by atoms with Gasteiger partial charge in [-0.2, -0.15) is 0 Å². The largest absolute Gasteiger partial charge is 0.465 e. The lowest BCUT2D eigenvalue weighted by Gasteiger charge is -2.16. The number of nitrogens with one attached hydrogen (secondary N) is 1. The molecule has 110 valence electrons. The zero-order valence-electron chi connectivity index (χ0n) is 11.9. The first kappa shape index (κ1) is 16.1. The van der Waals surface area contributed by atoms with Gasteiger partial charge in [-0.05, 0) is 31.7 Å². The van der Waals surface area contributed by atoms with Gasteiger partial charge in [0, 0.05) is 13.1 Å². The van der Waals surface area contributed by atoms with Crippen molar-refractivity contribution in [1.82, 2.24) is 10.2 Å². The Morgan fingerprint density at radius 2 is 2.10 bits per heavy atom. The van der Waals surface area contributed by atoms with Crippen molar-refractivity contribution in [3.63, 3.8) is 0 Å². The topological polar surface area (TPSA) is 58.6 Å². The molecule has 0 atom stereocenters. The summed E-state index contributed by atoms with van der Waals surface area (Å²) in [5.41, 5.74) is 0.588. The fraction of sp³-hybridized carbons (Fsp3) is 0.429. The Morgan fingerprint density at radius 3 is 2.65 bits per heavy atom. The Kier molecular flexibility index (Phi) is 6.11. The minimum atomic E-state index is -0.704. The van der Waals surface area contributed by atoms with Gasteiger partial charge in [-0.1, -0.05) is 6.07 Å². The molecule has 0 aliphatic heterocycles. The van der Waals surface area contributed by atoms with Crippen molar-refractivity contribution < 1.29 is 18.7 Å². The zero-order chi connectivity index (χ0) is 15.1. The van der Waals surface area contributed by atoms with Gasteiger partial charge < -0.3 is 10.1 Å². The van der Waals surface area contributed by atoms with Crippen LogP contribution in [0.1, 0.15) is 22.8 Å².